The maximum atomic E-state index is 5.45. The third-order valence-electron chi connectivity index (χ3n) is 3.85. The molecule has 0 saturated carbocycles. The molecule has 0 radical (unpaired) electrons. The predicted octanol–water partition coefficient (Wildman–Crippen LogP) is 4.11. The molecule has 2 rings (SSSR count). The van der Waals surface area contributed by atoms with Crippen molar-refractivity contribution in [1.29, 1.82) is 0 Å². The number of hydrogen-bond donors (Lipinski definition) is 0. The van der Waals surface area contributed by atoms with Crippen molar-refractivity contribution in [3.8, 4) is 0 Å². The molecule has 0 saturated heterocycles. The standard InChI is InChI=1S/C16H22N2O/c1-15(2,13-5-9-17-10-6-13)7-8-16(3,4)14-18-11-12-19-14/h5-6,9-12H,7-8H2,1-4H3. The number of aromatic nitrogens is 2. The van der Waals surface area contributed by atoms with Crippen molar-refractivity contribution in [3.05, 3.63) is 48.4 Å². The van der Waals surface area contributed by atoms with Crippen molar-refractivity contribution in [3.63, 3.8) is 0 Å². The van der Waals surface area contributed by atoms with Crippen LogP contribution in [0.15, 0.2) is 41.4 Å². The first-order valence-corrected chi connectivity index (χ1v) is 6.72. The summed E-state index contributed by atoms with van der Waals surface area (Å²) in [6.07, 6.45) is 9.18. The summed E-state index contributed by atoms with van der Waals surface area (Å²) in [4.78, 5) is 8.37. The van der Waals surface area contributed by atoms with Crippen LogP contribution in [0.25, 0.3) is 0 Å². The zero-order valence-electron chi connectivity index (χ0n) is 12.2. The molecule has 2 heterocycles. The van der Waals surface area contributed by atoms with Crippen molar-refractivity contribution >= 4 is 0 Å². The molecule has 3 heteroatoms. The third-order valence-corrected chi connectivity index (χ3v) is 3.85. The second-order valence-corrected chi connectivity index (χ2v) is 6.34. The molecule has 0 N–H and O–H groups in total. The van der Waals surface area contributed by atoms with Gasteiger partial charge < -0.3 is 4.42 Å². The molecule has 0 aliphatic heterocycles. The fourth-order valence-corrected chi connectivity index (χ4v) is 2.24. The fourth-order valence-electron chi connectivity index (χ4n) is 2.24. The van der Waals surface area contributed by atoms with Gasteiger partial charge in [-0.2, -0.15) is 0 Å². The van der Waals surface area contributed by atoms with Crippen LogP contribution in [0.3, 0.4) is 0 Å². The van der Waals surface area contributed by atoms with Gasteiger partial charge in [-0.25, -0.2) is 4.98 Å². The summed E-state index contributed by atoms with van der Waals surface area (Å²) >= 11 is 0. The Kier molecular flexibility index (Phi) is 3.74. The summed E-state index contributed by atoms with van der Waals surface area (Å²) in [7, 11) is 0. The molecule has 0 aliphatic rings. The second-order valence-electron chi connectivity index (χ2n) is 6.34. The van der Waals surface area contributed by atoms with Crippen molar-refractivity contribution in [2.24, 2.45) is 0 Å². The van der Waals surface area contributed by atoms with Crippen LogP contribution >= 0.6 is 0 Å². The normalized spacial score (nSPS) is 12.6. The van der Waals surface area contributed by atoms with Gasteiger partial charge >= 0.3 is 0 Å². The molecule has 0 aliphatic carbocycles. The Balaban J connectivity index is 2.06. The number of rotatable bonds is 5. The Labute approximate surface area is 115 Å². The fraction of sp³-hybridized carbons (Fsp3) is 0.500. The first-order chi connectivity index (χ1) is 8.92. The maximum absolute atomic E-state index is 5.45. The molecule has 102 valence electrons. The number of nitrogens with zero attached hydrogens (tertiary/aromatic N) is 2. The first kappa shape index (κ1) is 13.8. The maximum Gasteiger partial charge on any atom is 0.199 e. The quantitative estimate of drug-likeness (QED) is 0.810. The minimum absolute atomic E-state index is 0.0339. The predicted molar refractivity (Wildman–Crippen MR) is 76.0 cm³/mol. The average Bonchev–Trinajstić information content (AvgIpc) is 2.93. The highest BCUT2D eigenvalue weighted by molar-refractivity contribution is 5.20. The number of oxazole rings is 1. The Bertz CT molecular complexity index is 501. The van der Waals surface area contributed by atoms with E-state index < -0.39 is 0 Å². The molecule has 19 heavy (non-hydrogen) atoms. The molecule has 0 unspecified atom stereocenters. The third kappa shape index (κ3) is 3.22. The number of pyridine rings is 1. The van der Waals surface area contributed by atoms with Crippen molar-refractivity contribution in [2.45, 2.75) is 51.4 Å². The van der Waals surface area contributed by atoms with Gasteiger partial charge in [-0.1, -0.05) is 27.7 Å². The van der Waals surface area contributed by atoms with Crippen LogP contribution in [0.5, 0.6) is 0 Å². The average molecular weight is 258 g/mol. The lowest BCUT2D eigenvalue weighted by Crippen LogP contribution is -2.24. The van der Waals surface area contributed by atoms with Crippen LogP contribution in [0.1, 0.15) is 52.0 Å². The summed E-state index contributed by atoms with van der Waals surface area (Å²) < 4.78 is 5.45. The van der Waals surface area contributed by atoms with E-state index in [1.54, 1.807) is 12.5 Å². The van der Waals surface area contributed by atoms with Crippen molar-refractivity contribution in [2.75, 3.05) is 0 Å². The van der Waals surface area contributed by atoms with Crippen LogP contribution in [0.2, 0.25) is 0 Å². The minimum atomic E-state index is -0.0339. The highest BCUT2D eigenvalue weighted by atomic mass is 16.3. The highest BCUT2D eigenvalue weighted by Crippen LogP contribution is 2.35. The van der Waals surface area contributed by atoms with Gasteiger partial charge in [0, 0.05) is 17.8 Å². The van der Waals surface area contributed by atoms with Crippen LogP contribution < -0.4 is 0 Å². The van der Waals surface area contributed by atoms with Crippen LogP contribution in [-0.2, 0) is 10.8 Å². The molecule has 0 aromatic carbocycles. The van der Waals surface area contributed by atoms with Crippen molar-refractivity contribution < 1.29 is 4.42 Å². The SMILES string of the molecule is CC(C)(CCC(C)(C)c1ncco1)c1ccncc1. The van der Waals surface area contributed by atoms with Gasteiger partial charge in [0.1, 0.15) is 6.26 Å². The summed E-state index contributed by atoms with van der Waals surface area (Å²) in [5.74, 6) is 0.818. The van der Waals surface area contributed by atoms with Gasteiger partial charge in [-0.3, -0.25) is 4.98 Å². The van der Waals surface area contributed by atoms with E-state index in [0.29, 0.717) is 0 Å². The zero-order chi connectivity index (χ0) is 13.9. The largest absolute Gasteiger partial charge is 0.448 e. The Hall–Kier alpha value is -1.64. The lowest BCUT2D eigenvalue weighted by Gasteiger charge is -2.29. The summed E-state index contributed by atoms with van der Waals surface area (Å²) in [5.41, 5.74) is 1.42. The summed E-state index contributed by atoms with van der Waals surface area (Å²) in [6.45, 7) is 8.91. The molecule has 2 aromatic heterocycles. The first-order valence-electron chi connectivity index (χ1n) is 6.72. The van der Waals surface area contributed by atoms with E-state index in [0.717, 1.165) is 18.7 Å². The summed E-state index contributed by atoms with van der Waals surface area (Å²) in [5, 5.41) is 0. The second kappa shape index (κ2) is 5.16. The molecule has 2 aromatic rings. The Morgan fingerprint density at radius 3 is 2.16 bits per heavy atom. The van der Waals surface area contributed by atoms with Gasteiger partial charge in [-0.15, -0.1) is 0 Å². The van der Waals surface area contributed by atoms with E-state index in [2.05, 4.69) is 49.8 Å². The van der Waals surface area contributed by atoms with Crippen LogP contribution in [0, 0.1) is 0 Å². The van der Waals surface area contributed by atoms with E-state index in [4.69, 9.17) is 4.42 Å². The zero-order valence-corrected chi connectivity index (χ0v) is 12.2. The molecular formula is C16H22N2O. The van der Waals surface area contributed by atoms with E-state index in [1.807, 2.05) is 12.4 Å². The van der Waals surface area contributed by atoms with Gasteiger partial charge in [0.15, 0.2) is 5.89 Å². The molecular weight excluding hydrogens is 236 g/mol. The van der Waals surface area contributed by atoms with E-state index in [-0.39, 0.29) is 10.8 Å². The minimum Gasteiger partial charge on any atom is -0.448 e. The Morgan fingerprint density at radius 2 is 1.58 bits per heavy atom. The van der Waals surface area contributed by atoms with Gasteiger partial charge in [0.05, 0.1) is 6.20 Å². The molecule has 0 bridgehead atoms. The lowest BCUT2D eigenvalue weighted by molar-refractivity contribution is 0.311. The van der Waals surface area contributed by atoms with Gasteiger partial charge in [0.2, 0.25) is 0 Å². The monoisotopic (exact) mass is 258 g/mol. The van der Waals surface area contributed by atoms with Gasteiger partial charge in [-0.05, 0) is 36.0 Å². The molecule has 3 nitrogen and oxygen atoms in total. The van der Waals surface area contributed by atoms with Gasteiger partial charge in [0.25, 0.3) is 0 Å². The van der Waals surface area contributed by atoms with E-state index in [9.17, 15) is 0 Å². The van der Waals surface area contributed by atoms with E-state index in [1.165, 1.54) is 5.56 Å². The molecule has 0 amide bonds. The molecule has 0 atom stereocenters. The smallest absolute Gasteiger partial charge is 0.199 e. The summed E-state index contributed by atoms with van der Waals surface area (Å²) in [6, 6.07) is 4.19. The topological polar surface area (TPSA) is 38.9 Å². The highest BCUT2D eigenvalue weighted by Gasteiger charge is 2.29. The molecule has 0 spiro atoms. The molecule has 0 fully saturated rings. The lowest BCUT2D eigenvalue weighted by atomic mass is 9.75. The van der Waals surface area contributed by atoms with Crippen LogP contribution in [0.4, 0.5) is 0 Å². The van der Waals surface area contributed by atoms with Crippen molar-refractivity contribution in [1.82, 2.24) is 9.97 Å². The number of hydrogen-bond acceptors (Lipinski definition) is 3. The Morgan fingerprint density at radius 1 is 0.947 bits per heavy atom. The van der Waals surface area contributed by atoms with Crippen LogP contribution in [-0.4, -0.2) is 9.97 Å². The van der Waals surface area contributed by atoms with E-state index >= 15 is 0 Å².